The van der Waals surface area contributed by atoms with E-state index in [0.29, 0.717) is 10.7 Å². The van der Waals surface area contributed by atoms with E-state index in [-0.39, 0.29) is 10.7 Å². The monoisotopic (exact) mass is 386 g/mol. The third kappa shape index (κ3) is 4.87. The van der Waals surface area contributed by atoms with Crippen molar-refractivity contribution < 1.29 is 13.2 Å². The maximum atomic E-state index is 12.2. The number of hydrogen-bond acceptors (Lipinski definition) is 3. The van der Waals surface area contributed by atoms with E-state index < -0.39 is 22.5 Å². The molecule has 0 aliphatic heterocycles. The van der Waals surface area contributed by atoms with Gasteiger partial charge in [0.05, 0.1) is 17.0 Å². The largest absolute Gasteiger partial charge is 0.325 e. The molecule has 2 rings (SSSR count). The zero-order chi connectivity index (χ0) is 17.9. The third-order valence-corrected chi connectivity index (χ3v) is 4.88. The first-order chi connectivity index (χ1) is 11.2. The van der Waals surface area contributed by atoms with Crippen LogP contribution >= 0.6 is 23.2 Å². The number of benzene rings is 2. The van der Waals surface area contributed by atoms with E-state index in [4.69, 9.17) is 23.2 Å². The standard InChI is InChI=1S/C16H16Cl2N2O3S/c1-11-3-6-13(7-4-11)19-16(21)10-20(24(2,22)23)15-9-12(17)5-8-14(15)18/h3-9H,10H2,1-2H3,(H,19,21). The Labute approximate surface area is 151 Å². The first-order valence-electron chi connectivity index (χ1n) is 6.96. The molecule has 5 nitrogen and oxygen atoms in total. The predicted octanol–water partition coefficient (Wildman–Crippen LogP) is 3.71. The SMILES string of the molecule is Cc1ccc(NC(=O)CN(c2cc(Cl)ccc2Cl)S(C)(=O)=O)cc1. The highest BCUT2D eigenvalue weighted by Crippen LogP contribution is 2.30. The number of rotatable bonds is 5. The fraction of sp³-hybridized carbons (Fsp3) is 0.188. The zero-order valence-corrected chi connectivity index (χ0v) is 15.4. The molecule has 128 valence electrons. The summed E-state index contributed by atoms with van der Waals surface area (Å²) in [5, 5.41) is 3.16. The van der Waals surface area contributed by atoms with E-state index in [1.807, 2.05) is 19.1 Å². The Morgan fingerprint density at radius 2 is 1.75 bits per heavy atom. The van der Waals surface area contributed by atoms with Crippen LogP contribution < -0.4 is 9.62 Å². The lowest BCUT2D eigenvalue weighted by Gasteiger charge is -2.23. The average molecular weight is 387 g/mol. The second-order valence-electron chi connectivity index (χ2n) is 5.28. The van der Waals surface area contributed by atoms with Gasteiger partial charge in [0, 0.05) is 10.7 Å². The van der Waals surface area contributed by atoms with Crippen LogP contribution in [0, 0.1) is 6.92 Å². The molecule has 8 heteroatoms. The quantitative estimate of drug-likeness (QED) is 0.851. The van der Waals surface area contributed by atoms with Crippen molar-refractivity contribution in [2.24, 2.45) is 0 Å². The fourth-order valence-electron chi connectivity index (χ4n) is 2.03. The number of nitrogens with one attached hydrogen (secondary N) is 1. The Balaban J connectivity index is 2.25. The van der Waals surface area contributed by atoms with Gasteiger partial charge < -0.3 is 5.32 Å². The summed E-state index contributed by atoms with van der Waals surface area (Å²) < 4.78 is 25.1. The lowest BCUT2D eigenvalue weighted by atomic mass is 10.2. The van der Waals surface area contributed by atoms with Gasteiger partial charge in [-0.05, 0) is 37.3 Å². The smallest absolute Gasteiger partial charge is 0.245 e. The molecule has 0 bridgehead atoms. The van der Waals surface area contributed by atoms with Crippen LogP contribution in [0.25, 0.3) is 0 Å². The van der Waals surface area contributed by atoms with Gasteiger partial charge in [-0.3, -0.25) is 9.10 Å². The number of carbonyl (C=O) groups excluding carboxylic acids is 1. The minimum Gasteiger partial charge on any atom is -0.325 e. The van der Waals surface area contributed by atoms with Crippen molar-refractivity contribution in [2.45, 2.75) is 6.92 Å². The maximum absolute atomic E-state index is 12.2. The van der Waals surface area contributed by atoms with Gasteiger partial charge in [-0.15, -0.1) is 0 Å². The summed E-state index contributed by atoms with van der Waals surface area (Å²) in [7, 11) is -3.72. The van der Waals surface area contributed by atoms with Gasteiger partial charge in [-0.2, -0.15) is 0 Å². The summed E-state index contributed by atoms with van der Waals surface area (Å²) in [5.41, 5.74) is 1.79. The van der Waals surface area contributed by atoms with E-state index in [1.165, 1.54) is 12.1 Å². The maximum Gasteiger partial charge on any atom is 0.245 e. The number of nitrogens with zero attached hydrogens (tertiary/aromatic N) is 1. The van der Waals surface area contributed by atoms with Gasteiger partial charge >= 0.3 is 0 Å². The van der Waals surface area contributed by atoms with Crippen molar-refractivity contribution >= 4 is 50.5 Å². The number of halogens is 2. The predicted molar refractivity (Wildman–Crippen MR) is 98.5 cm³/mol. The highest BCUT2D eigenvalue weighted by atomic mass is 35.5. The van der Waals surface area contributed by atoms with E-state index in [0.717, 1.165) is 16.1 Å². The van der Waals surface area contributed by atoms with E-state index in [1.54, 1.807) is 18.2 Å². The van der Waals surface area contributed by atoms with Crippen LogP contribution in [0.15, 0.2) is 42.5 Å². The number of aryl methyl sites for hydroxylation is 1. The topological polar surface area (TPSA) is 66.5 Å². The van der Waals surface area contributed by atoms with Crippen LogP contribution in [-0.4, -0.2) is 27.1 Å². The van der Waals surface area contributed by atoms with Crippen LogP contribution in [0.3, 0.4) is 0 Å². The summed E-state index contributed by atoms with van der Waals surface area (Å²) in [6, 6.07) is 11.6. The van der Waals surface area contributed by atoms with Gasteiger partial charge in [0.15, 0.2) is 0 Å². The third-order valence-electron chi connectivity index (χ3n) is 3.20. The molecule has 0 fully saturated rings. The summed E-state index contributed by atoms with van der Waals surface area (Å²) >= 11 is 12.0. The van der Waals surface area contributed by atoms with Crippen LogP contribution in [0.1, 0.15) is 5.56 Å². The van der Waals surface area contributed by atoms with Crippen molar-refractivity contribution in [1.82, 2.24) is 0 Å². The molecule has 1 N–H and O–H groups in total. The second kappa shape index (κ2) is 7.42. The van der Waals surface area contributed by atoms with Crippen molar-refractivity contribution in [2.75, 3.05) is 22.4 Å². The molecule has 2 aromatic carbocycles. The van der Waals surface area contributed by atoms with Crippen LogP contribution in [0.2, 0.25) is 10.0 Å². The molecule has 0 atom stereocenters. The molecule has 0 aliphatic rings. The van der Waals surface area contributed by atoms with Gasteiger partial charge in [0.25, 0.3) is 0 Å². The molecule has 0 aromatic heterocycles. The molecule has 24 heavy (non-hydrogen) atoms. The van der Waals surface area contributed by atoms with E-state index in [2.05, 4.69) is 5.32 Å². The van der Waals surface area contributed by atoms with Crippen molar-refractivity contribution in [3.05, 3.63) is 58.1 Å². The number of amides is 1. The van der Waals surface area contributed by atoms with Crippen LogP contribution in [0.4, 0.5) is 11.4 Å². The molecular formula is C16H16Cl2N2O3S. The normalized spacial score (nSPS) is 11.2. The second-order valence-corrected chi connectivity index (χ2v) is 8.03. The lowest BCUT2D eigenvalue weighted by Crippen LogP contribution is -2.37. The number of carbonyl (C=O) groups is 1. The summed E-state index contributed by atoms with van der Waals surface area (Å²) in [5.74, 6) is -0.486. The summed E-state index contributed by atoms with van der Waals surface area (Å²) in [6.45, 7) is 1.52. The molecule has 1 amide bonds. The Hall–Kier alpha value is -1.76. The average Bonchev–Trinajstić information content (AvgIpc) is 2.49. The molecule has 0 unspecified atom stereocenters. The highest BCUT2D eigenvalue weighted by molar-refractivity contribution is 7.92. The van der Waals surface area contributed by atoms with E-state index in [9.17, 15) is 13.2 Å². The Morgan fingerprint density at radius 1 is 1.12 bits per heavy atom. The lowest BCUT2D eigenvalue weighted by molar-refractivity contribution is -0.114. The first-order valence-corrected chi connectivity index (χ1v) is 9.56. The van der Waals surface area contributed by atoms with Gasteiger partial charge in [-0.25, -0.2) is 8.42 Å². The number of hydrogen-bond donors (Lipinski definition) is 1. The Bertz CT molecular complexity index is 852. The first kappa shape index (κ1) is 18.6. The molecule has 0 heterocycles. The molecule has 0 saturated heterocycles. The van der Waals surface area contributed by atoms with Crippen LogP contribution in [-0.2, 0) is 14.8 Å². The molecular weight excluding hydrogens is 371 g/mol. The molecule has 0 radical (unpaired) electrons. The Kier molecular flexibility index (Phi) is 5.74. The minimum absolute atomic E-state index is 0.158. The van der Waals surface area contributed by atoms with Gasteiger partial charge in [0.1, 0.15) is 6.54 Å². The Morgan fingerprint density at radius 3 is 2.33 bits per heavy atom. The van der Waals surface area contributed by atoms with Crippen molar-refractivity contribution in [1.29, 1.82) is 0 Å². The minimum atomic E-state index is -3.72. The number of anilines is 2. The number of sulfonamides is 1. The van der Waals surface area contributed by atoms with Crippen molar-refractivity contribution in [3.8, 4) is 0 Å². The van der Waals surface area contributed by atoms with Crippen molar-refractivity contribution in [3.63, 3.8) is 0 Å². The molecule has 0 aliphatic carbocycles. The zero-order valence-electron chi connectivity index (χ0n) is 13.1. The summed E-state index contributed by atoms with van der Waals surface area (Å²) in [4.78, 5) is 12.2. The molecule has 2 aromatic rings. The fourth-order valence-corrected chi connectivity index (χ4v) is 3.32. The molecule has 0 saturated carbocycles. The summed E-state index contributed by atoms with van der Waals surface area (Å²) in [6.07, 6.45) is 1.00. The molecule has 0 spiro atoms. The van der Waals surface area contributed by atoms with E-state index >= 15 is 0 Å². The highest BCUT2D eigenvalue weighted by Gasteiger charge is 2.23. The van der Waals surface area contributed by atoms with Gasteiger partial charge in [0.2, 0.25) is 15.9 Å². The van der Waals surface area contributed by atoms with Gasteiger partial charge in [-0.1, -0.05) is 40.9 Å². The van der Waals surface area contributed by atoms with Crippen LogP contribution in [0.5, 0.6) is 0 Å².